The van der Waals surface area contributed by atoms with Gasteiger partial charge in [-0.15, -0.1) is 31.4 Å². The second-order valence-electron chi connectivity index (χ2n) is 4.01. The Balaban J connectivity index is 2.36. The fourth-order valence-corrected chi connectivity index (χ4v) is 3.26. The summed E-state index contributed by atoms with van der Waals surface area (Å²) in [7, 11) is -1.18. The minimum absolute atomic E-state index is 1.08. The number of benzene rings is 1. The Hall–Kier alpha value is 0.230. The summed E-state index contributed by atoms with van der Waals surface area (Å²) >= 11 is 9.14. The Morgan fingerprint density at radius 3 is 2.47 bits per heavy atom. The van der Waals surface area contributed by atoms with E-state index in [1.807, 2.05) is 0 Å². The van der Waals surface area contributed by atoms with Crippen LogP contribution in [0.15, 0.2) is 23.1 Å². The van der Waals surface area contributed by atoms with Crippen LogP contribution in [-0.2, 0) is 12.8 Å². The Kier molecular flexibility index (Phi) is 3.60. The molecule has 2 rings (SSSR count). The van der Waals surface area contributed by atoms with Crippen LogP contribution in [0.4, 0.5) is 0 Å². The number of nitrogens with one attached hydrogen (secondary N) is 1. The Morgan fingerprint density at radius 2 is 1.80 bits per heavy atom. The molecule has 1 nitrogen and oxygen atoms in total. The van der Waals surface area contributed by atoms with Gasteiger partial charge in [0.2, 0.25) is 0 Å². The quantitative estimate of drug-likeness (QED) is 0.520. The lowest BCUT2D eigenvalue weighted by atomic mass is 10.0. The molecule has 1 N–H and O–H groups in total. The summed E-state index contributed by atoms with van der Waals surface area (Å²) in [5.41, 5.74) is 2.95. The van der Waals surface area contributed by atoms with Crippen LogP contribution in [-0.4, -0.2) is 19.3 Å². The van der Waals surface area contributed by atoms with Gasteiger partial charge in [0.25, 0.3) is 0 Å². The number of hydrogen-bond donors (Lipinski definition) is 3. The van der Waals surface area contributed by atoms with Crippen molar-refractivity contribution in [1.29, 1.82) is 0 Å². The molecule has 0 amide bonds. The first kappa shape index (κ1) is 11.7. The second-order valence-corrected chi connectivity index (χ2v) is 11.4. The lowest BCUT2D eigenvalue weighted by molar-refractivity contribution is 0.711. The van der Waals surface area contributed by atoms with Crippen molar-refractivity contribution < 1.29 is 0 Å². The molecule has 1 aliphatic heterocycles. The third kappa shape index (κ3) is 2.87. The molecule has 0 fully saturated rings. The SMILES string of the molecule is CS(S)(S)c1ccc2c(c1)CCNCC2. The number of thiol groups is 2. The predicted molar refractivity (Wildman–Crippen MR) is 76.5 cm³/mol. The summed E-state index contributed by atoms with van der Waals surface area (Å²) < 4.78 is 0. The van der Waals surface area contributed by atoms with Crippen LogP contribution in [0.25, 0.3) is 0 Å². The van der Waals surface area contributed by atoms with Crippen molar-refractivity contribution in [3.05, 3.63) is 29.3 Å². The Morgan fingerprint density at radius 1 is 1.13 bits per heavy atom. The molecule has 1 aromatic carbocycles. The maximum absolute atomic E-state index is 4.57. The van der Waals surface area contributed by atoms with E-state index in [1.54, 1.807) is 0 Å². The van der Waals surface area contributed by atoms with Gasteiger partial charge in [-0.05, 0) is 55.4 Å². The van der Waals surface area contributed by atoms with Crippen molar-refractivity contribution >= 4 is 31.4 Å². The van der Waals surface area contributed by atoms with E-state index in [1.165, 1.54) is 16.0 Å². The number of hydrogen-bond acceptors (Lipinski definition) is 3. The predicted octanol–water partition coefficient (Wildman–Crippen LogP) is 2.86. The summed E-state index contributed by atoms with van der Waals surface area (Å²) in [5.74, 6) is 0. The fourth-order valence-electron chi connectivity index (χ4n) is 1.89. The van der Waals surface area contributed by atoms with Crippen LogP contribution in [0.3, 0.4) is 0 Å². The third-order valence-corrected chi connectivity index (χ3v) is 5.18. The molecule has 0 aromatic heterocycles. The smallest absolute Gasteiger partial charge is 0.00760 e. The number of fused-ring (bicyclic) bond motifs is 1. The van der Waals surface area contributed by atoms with Gasteiger partial charge in [-0.2, -0.15) is 0 Å². The third-order valence-electron chi connectivity index (χ3n) is 2.77. The summed E-state index contributed by atoms with van der Waals surface area (Å²) in [5, 5.41) is 3.42. The monoisotopic (exact) mass is 259 g/mol. The maximum Gasteiger partial charge on any atom is 0.00760 e. The van der Waals surface area contributed by atoms with Crippen molar-refractivity contribution in [2.75, 3.05) is 19.3 Å². The van der Waals surface area contributed by atoms with Gasteiger partial charge in [0, 0.05) is 4.90 Å². The fraction of sp³-hybridized carbons (Fsp3) is 0.455. The van der Waals surface area contributed by atoms with Crippen LogP contribution in [0, 0.1) is 0 Å². The van der Waals surface area contributed by atoms with E-state index < -0.39 is 8.09 Å². The zero-order valence-corrected chi connectivity index (χ0v) is 11.5. The minimum Gasteiger partial charge on any atom is -0.316 e. The molecule has 0 radical (unpaired) electrons. The van der Waals surface area contributed by atoms with E-state index in [0.29, 0.717) is 0 Å². The van der Waals surface area contributed by atoms with E-state index in [9.17, 15) is 0 Å². The molecule has 1 aromatic rings. The summed E-state index contributed by atoms with van der Waals surface area (Å²) in [6.07, 6.45) is 4.36. The van der Waals surface area contributed by atoms with Gasteiger partial charge in [0.15, 0.2) is 0 Å². The van der Waals surface area contributed by atoms with Crippen LogP contribution in [0.1, 0.15) is 11.1 Å². The zero-order chi connectivity index (χ0) is 10.9. The Bertz CT molecular complexity index is 357. The second kappa shape index (κ2) is 4.62. The molecule has 1 aliphatic rings. The van der Waals surface area contributed by atoms with E-state index in [4.69, 9.17) is 0 Å². The molecular weight excluding hydrogens is 242 g/mol. The van der Waals surface area contributed by atoms with Crippen molar-refractivity contribution in [3.63, 3.8) is 0 Å². The van der Waals surface area contributed by atoms with E-state index in [-0.39, 0.29) is 0 Å². The highest BCUT2D eigenvalue weighted by atomic mass is 33.5. The minimum atomic E-state index is -1.18. The van der Waals surface area contributed by atoms with Gasteiger partial charge in [-0.3, -0.25) is 0 Å². The van der Waals surface area contributed by atoms with Gasteiger partial charge >= 0.3 is 0 Å². The summed E-state index contributed by atoms with van der Waals surface area (Å²) in [6.45, 7) is 2.18. The highest BCUT2D eigenvalue weighted by Crippen LogP contribution is 2.61. The zero-order valence-electron chi connectivity index (χ0n) is 8.86. The first-order valence-corrected chi connectivity index (χ1v) is 9.28. The lowest BCUT2D eigenvalue weighted by Crippen LogP contribution is -2.16. The van der Waals surface area contributed by atoms with Crippen molar-refractivity contribution in [1.82, 2.24) is 5.32 Å². The van der Waals surface area contributed by atoms with E-state index >= 15 is 0 Å². The first-order valence-electron chi connectivity index (χ1n) is 5.13. The molecule has 0 spiro atoms. The normalized spacial score (nSPS) is 18.1. The average molecular weight is 259 g/mol. The van der Waals surface area contributed by atoms with Crippen molar-refractivity contribution in [3.8, 4) is 0 Å². The summed E-state index contributed by atoms with van der Waals surface area (Å²) in [4.78, 5) is 1.27. The van der Waals surface area contributed by atoms with Crippen LogP contribution in [0.2, 0.25) is 0 Å². The highest BCUT2D eigenvalue weighted by molar-refractivity contribution is 9.17. The topological polar surface area (TPSA) is 12.0 Å². The molecule has 0 saturated carbocycles. The molecular formula is C11H17NS3. The highest BCUT2D eigenvalue weighted by Gasteiger charge is 2.14. The molecule has 84 valence electrons. The maximum atomic E-state index is 4.57. The molecule has 0 unspecified atom stereocenters. The van der Waals surface area contributed by atoms with E-state index in [0.717, 1.165) is 25.9 Å². The molecule has 0 bridgehead atoms. The molecule has 1 heterocycles. The van der Waals surface area contributed by atoms with Crippen molar-refractivity contribution in [2.24, 2.45) is 0 Å². The molecule has 15 heavy (non-hydrogen) atoms. The molecule has 0 aliphatic carbocycles. The van der Waals surface area contributed by atoms with Crippen LogP contribution < -0.4 is 5.32 Å². The molecule has 4 heteroatoms. The first-order chi connectivity index (χ1) is 7.07. The van der Waals surface area contributed by atoms with Gasteiger partial charge in [-0.1, -0.05) is 6.07 Å². The van der Waals surface area contributed by atoms with E-state index in [2.05, 4.69) is 53.1 Å². The summed E-state index contributed by atoms with van der Waals surface area (Å²) in [6, 6.07) is 6.71. The van der Waals surface area contributed by atoms with Crippen molar-refractivity contribution in [2.45, 2.75) is 17.7 Å². The Labute approximate surface area is 103 Å². The van der Waals surface area contributed by atoms with Gasteiger partial charge < -0.3 is 5.32 Å². The average Bonchev–Trinajstić information content (AvgIpc) is 2.39. The number of rotatable bonds is 1. The van der Waals surface area contributed by atoms with Crippen LogP contribution >= 0.6 is 31.4 Å². The molecule has 0 saturated heterocycles. The van der Waals surface area contributed by atoms with Crippen LogP contribution in [0.5, 0.6) is 0 Å². The van der Waals surface area contributed by atoms with Gasteiger partial charge in [-0.25, -0.2) is 0 Å². The lowest BCUT2D eigenvalue weighted by Gasteiger charge is -2.24. The molecule has 0 atom stereocenters. The van der Waals surface area contributed by atoms with Gasteiger partial charge in [0.05, 0.1) is 0 Å². The standard InChI is InChI=1S/C11H17NS3/c1-15(13,14)11-3-2-9-4-6-12-7-5-10(9)8-11/h2-3,8,12-14H,4-7H2,1H3. The largest absolute Gasteiger partial charge is 0.316 e. The van der Waals surface area contributed by atoms with Gasteiger partial charge in [0.1, 0.15) is 0 Å².